The number of aliphatic hydroxyl groups excluding tert-OH is 1. The number of likely N-dealkylation sites (tertiary alicyclic amines) is 1. The number of amides is 1. The number of nitrogens with zero attached hydrogens (tertiary/aromatic N) is 1. The minimum absolute atomic E-state index is 0.0268. The minimum atomic E-state index is -0.661. The molecule has 3 nitrogen and oxygen atoms in total. The van der Waals surface area contributed by atoms with Crippen LogP contribution in [0.1, 0.15) is 30.0 Å². The average Bonchev–Trinajstić information content (AvgIpc) is 3.58. The lowest BCUT2D eigenvalue weighted by atomic mass is 9.65. The molecule has 30 heavy (non-hydrogen) atoms. The van der Waals surface area contributed by atoms with Crippen molar-refractivity contribution >= 4 is 5.91 Å². The lowest BCUT2D eigenvalue weighted by Gasteiger charge is -2.38. The fraction of sp³-hybridized carbons (Fsp3) is 0.444. The summed E-state index contributed by atoms with van der Waals surface area (Å²) in [6.45, 7) is 0. The van der Waals surface area contributed by atoms with Crippen LogP contribution in [0.15, 0.2) is 60.7 Å². The van der Waals surface area contributed by atoms with Crippen LogP contribution in [0.4, 0.5) is 0 Å². The van der Waals surface area contributed by atoms with Gasteiger partial charge in [0.05, 0.1) is 6.04 Å². The van der Waals surface area contributed by atoms with Gasteiger partial charge in [0.15, 0.2) is 0 Å². The van der Waals surface area contributed by atoms with E-state index in [-0.39, 0.29) is 23.8 Å². The van der Waals surface area contributed by atoms with Crippen LogP contribution in [0.5, 0.6) is 0 Å². The van der Waals surface area contributed by atoms with Crippen LogP contribution in [0.2, 0.25) is 0 Å². The first-order chi connectivity index (χ1) is 14.7. The first-order valence-corrected chi connectivity index (χ1v) is 11.6. The zero-order valence-electron chi connectivity index (χ0n) is 16.8. The summed E-state index contributed by atoms with van der Waals surface area (Å²) in [7, 11) is 0. The fourth-order valence-corrected chi connectivity index (χ4v) is 9.04. The molecule has 1 aliphatic heterocycles. The van der Waals surface area contributed by atoms with Gasteiger partial charge >= 0.3 is 0 Å². The summed E-state index contributed by atoms with van der Waals surface area (Å²) < 4.78 is 0. The van der Waals surface area contributed by atoms with E-state index in [0.717, 1.165) is 6.42 Å². The smallest absolute Gasteiger partial charge is 0.229 e. The molecule has 0 radical (unpaired) electrons. The molecule has 8 rings (SSSR count). The van der Waals surface area contributed by atoms with Crippen LogP contribution in [0.3, 0.4) is 0 Å². The normalized spacial score (nSPS) is 44.0. The van der Waals surface area contributed by atoms with Crippen LogP contribution in [-0.2, 0) is 4.79 Å². The van der Waals surface area contributed by atoms with Crippen molar-refractivity contribution in [2.24, 2.45) is 47.3 Å². The average molecular weight is 396 g/mol. The van der Waals surface area contributed by atoms with Crippen LogP contribution in [0.25, 0.3) is 11.1 Å². The monoisotopic (exact) mass is 395 g/mol. The molecular weight excluding hydrogens is 370 g/mol. The van der Waals surface area contributed by atoms with Crippen molar-refractivity contribution in [1.82, 2.24) is 4.90 Å². The highest BCUT2D eigenvalue weighted by molar-refractivity contribution is 5.87. The first kappa shape index (κ1) is 16.3. The summed E-state index contributed by atoms with van der Waals surface area (Å²) >= 11 is 0. The van der Waals surface area contributed by atoms with Gasteiger partial charge in [0.25, 0.3) is 0 Å². The van der Waals surface area contributed by atoms with Crippen molar-refractivity contribution in [1.29, 1.82) is 0 Å². The van der Waals surface area contributed by atoms with E-state index in [1.165, 1.54) is 28.7 Å². The summed E-state index contributed by atoms with van der Waals surface area (Å²) in [5.74, 6) is 4.12. The third-order valence-corrected chi connectivity index (χ3v) is 9.73. The maximum atomic E-state index is 13.9. The molecule has 0 aromatic heterocycles. The molecule has 1 N–H and O–H groups in total. The molecule has 3 saturated carbocycles. The Hall–Kier alpha value is -2.39. The Balaban J connectivity index is 1.24. The molecular formula is C27H25NO2. The molecule has 3 heteroatoms. The second kappa shape index (κ2) is 5.26. The molecule has 150 valence electrons. The van der Waals surface area contributed by atoms with Crippen molar-refractivity contribution in [3.63, 3.8) is 0 Å². The van der Waals surface area contributed by atoms with Gasteiger partial charge in [-0.1, -0.05) is 60.7 Å². The summed E-state index contributed by atoms with van der Waals surface area (Å²) in [5.41, 5.74) is 4.75. The zero-order chi connectivity index (χ0) is 19.7. The number of hydrogen-bond acceptors (Lipinski definition) is 2. The summed E-state index contributed by atoms with van der Waals surface area (Å²) in [4.78, 5) is 15.8. The number of allylic oxidation sites excluding steroid dienone is 2. The van der Waals surface area contributed by atoms with E-state index in [1.54, 1.807) is 0 Å². The number of carbonyl (C=O) groups is 1. The molecule has 2 aromatic carbocycles. The Bertz CT molecular complexity index is 1090. The molecule has 6 aliphatic rings. The molecule has 5 aliphatic carbocycles. The second-order valence-corrected chi connectivity index (χ2v) is 10.5. The summed E-state index contributed by atoms with van der Waals surface area (Å²) in [5, 5.41) is 11.6. The van der Waals surface area contributed by atoms with Gasteiger partial charge in [0.1, 0.15) is 6.23 Å². The van der Waals surface area contributed by atoms with Gasteiger partial charge < -0.3 is 10.0 Å². The molecule has 1 heterocycles. The van der Waals surface area contributed by atoms with Gasteiger partial charge in [-0.2, -0.15) is 0 Å². The fourth-order valence-electron chi connectivity index (χ4n) is 9.04. The Morgan fingerprint density at radius 2 is 1.37 bits per heavy atom. The maximum Gasteiger partial charge on any atom is 0.229 e. The maximum absolute atomic E-state index is 13.9. The van der Waals surface area contributed by atoms with E-state index in [2.05, 4.69) is 60.7 Å². The predicted octanol–water partition coefficient (Wildman–Crippen LogP) is 4.24. The molecule has 1 amide bonds. The Kier molecular flexibility index (Phi) is 2.86. The number of benzene rings is 2. The van der Waals surface area contributed by atoms with Crippen molar-refractivity contribution in [3.05, 3.63) is 71.8 Å². The van der Waals surface area contributed by atoms with Gasteiger partial charge in [-0.15, -0.1) is 0 Å². The van der Waals surface area contributed by atoms with E-state index >= 15 is 0 Å². The van der Waals surface area contributed by atoms with E-state index in [9.17, 15) is 9.90 Å². The van der Waals surface area contributed by atoms with E-state index in [1.807, 2.05) is 4.90 Å². The SMILES string of the molecule is O=C1C2C3CC(C4C5C=CC(C5)C34)C2C(O)N1C1c2ccccc2-c2ccccc21. The summed E-state index contributed by atoms with van der Waals surface area (Å²) in [6, 6.07) is 16.7. The standard InChI is InChI=1S/C27H25NO2/c29-26-23-19-12-20(22-14-10-9-13(11-14)21(19)22)24(23)27(30)28(26)25-17-7-3-1-5-15(17)16-6-2-4-8-18(16)25/h1-10,13-14,19-26,29H,11-12H2. The number of carbonyl (C=O) groups excluding carboxylic acids is 1. The Labute approximate surface area is 176 Å². The van der Waals surface area contributed by atoms with Gasteiger partial charge in [0, 0.05) is 11.8 Å². The highest BCUT2D eigenvalue weighted by Crippen LogP contribution is 2.71. The molecule has 0 spiro atoms. The van der Waals surface area contributed by atoms with Crippen LogP contribution >= 0.6 is 0 Å². The highest BCUT2D eigenvalue weighted by atomic mass is 16.3. The van der Waals surface area contributed by atoms with Gasteiger partial charge in [-0.3, -0.25) is 4.79 Å². The largest absolute Gasteiger partial charge is 0.373 e. The third-order valence-electron chi connectivity index (χ3n) is 9.73. The predicted molar refractivity (Wildman–Crippen MR) is 113 cm³/mol. The number of aliphatic hydroxyl groups is 1. The number of fused-ring (bicyclic) bond motifs is 15. The van der Waals surface area contributed by atoms with Gasteiger partial charge in [0.2, 0.25) is 5.91 Å². The molecule has 2 aromatic rings. The topological polar surface area (TPSA) is 40.5 Å². The van der Waals surface area contributed by atoms with E-state index < -0.39 is 6.23 Å². The summed E-state index contributed by atoms with van der Waals surface area (Å²) in [6.07, 6.45) is 6.66. The lowest BCUT2D eigenvalue weighted by molar-refractivity contribution is -0.139. The number of rotatable bonds is 1. The van der Waals surface area contributed by atoms with Crippen molar-refractivity contribution < 1.29 is 9.90 Å². The first-order valence-electron chi connectivity index (χ1n) is 11.6. The quantitative estimate of drug-likeness (QED) is 0.580. The second-order valence-electron chi connectivity index (χ2n) is 10.5. The van der Waals surface area contributed by atoms with Gasteiger partial charge in [-0.05, 0) is 70.6 Å². The van der Waals surface area contributed by atoms with E-state index in [0.29, 0.717) is 35.5 Å². The van der Waals surface area contributed by atoms with Crippen molar-refractivity contribution in [3.8, 4) is 11.1 Å². The van der Waals surface area contributed by atoms with E-state index in [4.69, 9.17) is 0 Å². The Morgan fingerprint density at radius 3 is 2.03 bits per heavy atom. The van der Waals surface area contributed by atoms with Crippen LogP contribution in [-0.4, -0.2) is 22.1 Å². The number of hydrogen-bond donors (Lipinski definition) is 1. The van der Waals surface area contributed by atoms with Crippen molar-refractivity contribution in [2.75, 3.05) is 0 Å². The van der Waals surface area contributed by atoms with Crippen molar-refractivity contribution in [2.45, 2.75) is 25.1 Å². The molecule has 1 saturated heterocycles. The lowest BCUT2D eigenvalue weighted by Crippen LogP contribution is -2.40. The molecule has 9 unspecified atom stereocenters. The third kappa shape index (κ3) is 1.66. The Morgan fingerprint density at radius 1 is 0.767 bits per heavy atom. The highest BCUT2D eigenvalue weighted by Gasteiger charge is 2.71. The molecule has 4 bridgehead atoms. The molecule has 9 atom stereocenters. The van der Waals surface area contributed by atoms with Gasteiger partial charge in [-0.25, -0.2) is 0 Å². The zero-order valence-corrected chi connectivity index (χ0v) is 16.8. The minimum Gasteiger partial charge on any atom is -0.373 e. The van der Waals surface area contributed by atoms with Crippen LogP contribution < -0.4 is 0 Å². The van der Waals surface area contributed by atoms with Crippen LogP contribution in [0, 0.1) is 47.3 Å². The molecule has 4 fully saturated rings.